The van der Waals surface area contributed by atoms with Crippen LogP contribution < -0.4 is 9.47 Å². The molecule has 138 valence electrons. The number of ether oxygens (including phenoxy) is 2. The molecule has 1 aromatic rings. The second kappa shape index (κ2) is 6.70. The Balaban J connectivity index is 2.00. The molecular formula is C23H34O2. The average molecular weight is 343 g/mol. The molecule has 1 aromatic carbocycles. The number of benzene rings is 1. The molecule has 0 unspecified atom stereocenters. The number of rotatable bonds is 4. The summed E-state index contributed by atoms with van der Waals surface area (Å²) < 4.78 is 11.2. The highest BCUT2D eigenvalue weighted by molar-refractivity contribution is 5.41. The van der Waals surface area contributed by atoms with Crippen LogP contribution in [0.1, 0.15) is 58.4 Å². The summed E-state index contributed by atoms with van der Waals surface area (Å²) in [5.41, 5.74) is 3.32. The van der Waals surface area contributed by atoms with Gasteiger partial charge < -0.3 is 9.47 Å². The highest BCUT2D eigenvalue weighted by Gasteiger charge is 2.53. The number of methoxy groups -OCH3 is 2. The van der Waals surface area contributed by atoms with E-state index >= 15 is 0 Å². The molecule has 0 amide bonds. The van der Waals surface area contributed by atoms with Gasteiger partial charge in [0, 0.05) is 0 Å². The molecule has 0 aliphatic heterocycles. The summed E-state index contributed by atoms with van der Waals surface area (Å²) in [6.45, 7) is 11.9. The fourth-order valence-electron chi connectivity index (χ4n) is 5.70. The highest BCUT2D eigenvalue weighted by atomic mass is 16.5. The number of hydrogen-bond acceptors (Lipinski definition) is 2. The van der Waals surface area contributed by atoms with Crippen molar-refractivity contribution in [3.05, 3.63) is 35.9 Å². The topological polar surface area (TPSA) is 18.5 Å². The van der Waals surface area contributed by atoms with Gasteiger partial charge in [-0.2, -0.15) is 0 Å². The molecule has 2 nitrogen and oxygen atoms in total. The van der Waals surface area contributed by atoms with Crippen molar-refractivity contribution in [3.8, 4) is 11.5 Å². The average Bonchev–Trinajstić information content (AvgIpc) is 2.60. The van der Waals surface area contributed by atoms with Crippen LogP contribution in [-0.2, 0) is 6.42 Å². The maximum absolute atomic E-state index is 5.68. The Kier molecular flexibility index (Phi) is 4.92. The first kappa shape index (κ1) is 18.4. The first-order chi connectivity index (χ1) is 11.8. The Bertz CT molecular complexity index is 649. The van der Waals surface area contributed by atoms with Gasteiger partial charge in [-0.25, -0.2) is 0 Å². The third-order valence-electron chi connectivity index (χ3n) is 7.63. The van der Waals surface area contributed by atoms with Crippen LogP contribution in [0.25, 0.3) is 0 Å². The van der Waals surface area contributed by atoms with E-state index in [0.29, 0.717) is 17.3 Å². The first-order valence-electron chi connectivity index (χ1n) is 9.74. The van der Waals surface area contributed by atoms with E-state index in [9.17, 15) is 0 Å². The fraction of sp³-hybridized carbons (Fsp3) is 0.652. The monoisotopic (exact) mass is 342 g/mol. The van der Waals surface area contributed by atoms with Crippen molar-refractivity contribution in [1.82, 2.24) is 0 Å². The summed E-state index contributed by atoms with van der Waals surface area (Å²) in [4.78, 5) is 0. The van der Waals surface area contributed by atoms with Crippen LogP contribution in [0.2, 0.25) is 0 Å². The molecule has 0 aromatic heterocycles. The lowest BCUT2D eigenvalue weighted by atomic mass is 9.46. The number of allylic oxidation sites excluding steroid dienone is 1. The van der Waals surface area contributed by atoms with Gasteiger partial charge >= 0.3 is 0 Å². The summed E-state index contributed by atoms with van der Waals surface area (Å²) in [5, 5.41) is 0. The van der Waals surface area contributed by atoms with E-state index in [2.05, 4.69) is 33.4 Å². The molecule has 3 rings (SSSR count). The SMILES string of the molecule is C=C1CCC[C@H]2[C@](C)(Cc3cc(OC)ccc3OC)[C@@H](C)CC[C@@]12C. The van der Waals surface area contributed by atoms with Crippen molar-refractivity contribution >= 4 is 0 Å². The Hall–Kier alpha value is -1.44. The predicted octanol–water partition coefficient (Wildman–Crippen LogP) is 6.05. The van der Waals surface area contributed by atoms with Crippen LogP contribution in [0.4, 0.5) is 0 Å². The zero-order valence-corrected chi connectivity index (χ0v) is 16.7. The van der Waals surface area contributed by atoms with Gasteiger partial charge in [-0.15, -0.1) is 0 Å². The molecule has 0 saturated heterocycles. The summed E-state index contributed by atoms with van der Waals surface area (Å²) in [7, 11) is 3.50. The molecular weight excluding hydrogens is 308 g/mol. The third kappa shape index (κ3) is 2.98. The van der Waals surface area contributed by atoms with Gasteiger partial charge in [-0.05, 0) is 85.0 Å². The molecule has 2 aliphatic carbocycles. The second-order valence-electron chi connectivity index (χ2n) is 8.77. The third-order valence-corrected chi connectivity index (χ3v) is 7.63. The molecule has 25 heavy (non-hydrogen) atoms. The second-order valence-corrected chi connectivity index (χ2v) is 8.77. The summed E-state index contributed by atoms with van der Waals surface area (Å²) in [6, 6.07) is 6.20. The van der Waals surface area contributed by atoms with E-state index in [1.54, 1.807) is 14.2 Å². The lowest BCUT2D eigenvalue weighted by Gasteiger charge is -2.59. The molecule has 0 radical (unpaired) electrons. The lowest BCUT2D eigenvalue weighted by molar-refractivity contribution is -0.0491. The Morgan fingerprint density at radius 1 is 1.16 bits per heavy atom. The van der Waals surface area contributed by atoms with E-state index in [-0.39, 0.29) is 5.41 Å². The van der Waals surface area contributed by atoms with Crippen LogP contribution >= 0.6 is 0 Å². The van der Waals surface area contributed by atoms with E-state index in [4.69, 9.17) is 9.47 Å². The van der Waals surface area contributed by atoms with E-state index in [1.807, 2.05) is 12.1 Å². The molecule has 2 saturated carbocycles. The van der Waals surface area contributed by atoms with Crippen molar-refractivity contribution in [2.75, 3.05) is 14.2 Å². The van der Waals surface area contributed by atoms with Gasteiger partial charge in [0.25, 0.3) is 0 Å². The maximum atomic E-state index is 5.68. The van der Waals surface area contributed by atoms with Gasteiger partial charge in [-0.3, -0.25) is 0 Å². The molecule has 0 spiro atoms. The van der Waals surface area contributed by atoms with Crippen LogP contribution in [0, 0.1) is 22.7 Å². The summed E-state index contributed by atoms with van der Waals surface area (Å²) in [5.74, 6) is 3.29. The van der Waals surface area contributed by atoms with Crippen LogP contribution in [0.15, 0.2) is 30.4 Å². The minimum absolute atomic E-state index is 0.260. The predicted molar refractivity (Wildman–Crippen MR) is 104 cm³/mol. The van der Waals surface area contributed by atoms with Gasteiger partial charge in [0.2, 0.25) is 0 Å². The molecule has 2 aliphatic rings. The molecule has 4 atom stereocenters. The van der Waals surface area contributed by atoms with Crippen LogP contribution in [0.3, 0.4) is 0 Å². The zero-order chi connectivity index (χ0) is 18.2. The smallest absolute Gasteiger partial charge is 0.122 e. The maximum Gasteiger partial charge on any atom is 0.122 e. The standard InChI is InChI=1S/C23H34O2/c1-16-8-7-9-21-22(16,3)13-12-17(2)23(21,4)15-18-14-19(24-5)10-11-20(18)25-6/h10-11,14,17,21H,1,7-9,12-13,15H2,2-6H3/t17-,21+,22-,23+/m0/s1. The van der Waals surface area contributed by atoms with Gasteiger partial charge in [0.1, 0.15) is 11.5 Å². The quantitative estimate of drug-likeness (QED) is 0.621. The Morgan fingerprint density at radius 2 is 1.92 bits per heavy atom. The molecule has 2 fully saturated rings. The van der Waals surface area contributed by atoms with Crippen molar-refractivity contribution in [2.45, 2.75) is 59.3 Å². The van der Waals surface area contributed by atoms with Crippen molar-refractivity contribution in [1.29, 1.82) is 0 Å². The largest absolute Gasteiger partial charge is 0.497 e. The van der Waals surface area contributed by atoms with Gasteiger partial charge in [0.05, 0.1) is 14.2 Å². The van der Waals surface area contributed by atoms with E-state index in [0.717, 1.165) is 17.9 Å². The number of fused-ring (bicyclic) bond motifs is 1. The normalized spacial score (nSPS) is 35.2. The summed E-state index contributed by atoms with van der Waals surface area (Å²) in [6.07, 6.45) is 7.44. The van der Waals surface area contributed by atoms with Crippen molar-refractivity contribution in [3.63, 3.8) is 0 Å². The minimum atomic E-state index is 0.260. The number of hydrogen-bond donors (Lipinski definition) is 0. The lowest BCUT2D eigenvalue weighted by Crippen LogP contribution is -2.51. The van der Waals surface area contributed by atoms with Crippen LogP contribution in [-0.4, -0.2) is 14.2 Å². The summed E-state index contributed by atoms with van der Waals surface area (Å²) >= 11 is 0. The van der Waals surface area contributed by atoms with E-state index in [1.165, 1.54) is 43.2 Å². The molecule has 0 bridgehead atoms. The minimum Gasteiger partial charge on any atom is -0.497 e. The van der Waals surface area contributed by atoms with E-state index < -0.39 is 0 Å². The van der Waals surface area contributed by atoms with Crippen molar-refractivity contribution < 1.29 is 9.47 Å². The van der Waals surface area contributed by atoms with Crippen molar-refractivity contribution in [2.24, 2.45) is 22.7 Å². The molecule has 0 heterocycles. The Labute approximate surface area is 153 Å². The highest BCUT2D eigenvalue weighted by Crippen LogP contribution is 2.62. The van der Waals surface area contributed by atoms with Gasteiger partial charge in [0.15, 0.2) is 0 Å². The Morgan fingerprint density at radius 3 is 2.60 bits per heavy atom. The van der Waals surface area contributed by atoms with Gasteiger partial charge in [-0.1, -0.05) is 32.9 Å². The first-order valence-corrected chi connectivity index (χ1v) is 9.74. The van der Waals surface area contributed by atoms with Crippen LogP contribution in [0.5, 0.6) is 11.5 Å². The molecule has 0 N–H and O–H groups in total. The molecule has 2 heteroatoms. The fourth-order valence-corrected chi connectivity index (χ4v) is 5.70. The zero-order valence-electron chi connectivity index (χ0n) is 16.7.